The average Bonchev–Trinajstić information content (AvgIpc) is 3.44. The molecule has 0 aliphatic carbocycles. The summed E-state index contributed by atoms with van der Waals surface area (Å²) >= 11 is 6.46. The summed E-state index contributed by atoms with van der Waals surface area (Å²) in [6.07, 6.45) is 1.45. The van der Waals surface area contributed by atoms with Gasteiger partial charge in [0.1, 0.15) is 36.1 Å². The number of amides is 1. The van der Waals surface area contributed by atoms with Gasteiger partial charge >= 0.3 is 0 Å². The molecular weight excluding hydrogens is 535 g/mol. The molecule has 37 heavy (non-hydrogen) atoms. The molecular formula is C26H22ClFN4O3S2. The number of ether oxygens (including phenoxy) is 2. The Labute approximate surface area is 225 Å². The first kappa shape index (κ1) is 25.4. The molecule has 3 aromatic carbocycles. The summed E-state index contributed by atoms with van der Waals surface area (Å²) in [5.41, 5.74) is 2.60. The molecule has 0 unspecified atom stereocenters. The van der Waals surface area contributed by atoms with Crippen LogP contribution in [0, 0.1) is 11.7 Å². The number of halogens is 2. The zero-order valence-corrected chi connectivity index (χ0v) is 22.1. The summed E-state index contributed by atoms with van der Waals surface area (Å²) in [6.45, 7) is 0.190. The maximum Gasteiger partial charge on any atom is 0.229 e. The molecule has 1 fully saturated rings. The summed E-state index contributed by atoms with van der Waals surface area (Å²) in [5.74, 6) is 2.69. The number of hydrogen-bond donors (Lipinski definition) is 2. The lowest BCUT2D eigenvalue weighted by Gasteiger charge is -2.15. The second kappa shape index (κ2) is 11.5. The van der Waals surface area contributed by atoms with Crippen molar-refractivity contribution in [2.75, 3.05) is 29.2 Å². The van der Waals surface area contributed by atoms with Crippen LogP contribution in [-0.2, 0) is 11.4 Å². The van der Waals surface area contributed by atoms with E-state index in [4.69, 9.17) is 21.1 Å². The van der Waals surface area contributed by atoms with Gasteiger partial charge in [0.2, 0.25) is 5.91 Å². The Bertz CT molecular complexity index is 1450. The molecule has 1 saturated heterocycles. The van der Waals surface area contributed by atoms with Gasteiger partial charge in [0, 0.05) is 28.6 Å². The van der Waals surface area contributed by atoms with Crippen LogP contribution >= 0.6 is 33.2 Å². The third-order valence-corrected chi connectivity index (χ3v) is 8.54. The van der Waals surface area contributed by atoms with Gasteiger partial charge in [-0.15, -0.1) is 0 Å². The van der Waals surface area contributed by atoms with Crippen LogP contribution in [0.4, 0.5) is 21.6 Å². The monoisotopic (exact) mass is 556 g/mol. The highest BCUT2D eigenvalue weighted by molar-refractivity contribution is 8.77. The van der Waals surface area contributed by atoms with E-state index in [0.717, 1.165) is 11.5 Å². The summed E-state index contributed by atoms with van der Waals surface area (Å²) in [7, 11) is 4.96. The van der Waals surface area contributed by atoms with Crippen molar-refractivity contribution in [1.29, 1.82) is 0 Å². The number of carbonyl (C=O) groups excluding carboxylic acids is 1. The van der Waals surface area contributed by atoms with Crippen molar-refractivity contribution in [3.63, 3.8) is 0 Å². The van der Waals surface area contributed by atoms with E-state index in [-0.39, 0.29) is 24.2 Å². The maximum absolute atomic E-state index is 13.4. The largest absolute Gasteiger partial charge is 0.494 e. The molecule has 5 rings (SSSR count). The zero-order valence-electron chi connectivity index (χ0n) is 19.7. The van der Waals surface area contributed by atoms with E-state index >= 15 is 0 Å². The Hall–Kier alpha value is -3.21. The molecule has 0 atom stereocenters. The van der Waals surface area contributed by atoms with E-state index in [0.29, 0.717) is 50.2 Å². The first-order valence-electron chi connectivity index (χ1n) is 11.3. The molecule has 1 amide bonds. The third kappa shape index (κ3) is 6.03. The molecule has 0 bridgehead atoms. The van der Waals surface area contributed by atoms with Gasteiger partial charge < -0.3 is 20.1 Å². The van der Waals surface area contributed by atoms with Gasteiger partial charge in [-0.3, -0.25) is 4.79 Å². The Kier molecular flexibility index (Phi) is 7.87. The van der Waals surface area contributed by atoms with E-state index in [1.807, 2.05) is 12.1 Å². The minimum absolute atomic E-state index is 0.0397. The molecule has 190 valence electrons. The molecule has 1 aromatic heterocycles. The lowest BCUT2D eigenvalue weighted by molar-refractivity contribution is -0.118. The molecule has 2 N–H and O–H groups in total. The van der Waals surface area contributed by atoms with Crippen molar-refractivity contribution >= 4 is 67.2 Å². The number of fused-ring (bicyclic) bond motifs is 1. The SMILES string of the molecule is COc1cc2ncnc(Nc3ccc(OCc4cccc(F)c4)c(Cl)c3)c2cc1NC(=O)C1CSSC1. The number of carbonyl (C=O) groups is 1. The number of rotatable bonds is 8. The van der Waals surface area contributed by atoms with Crippen LogP contribution in [0.1, 0.15) is 5.56 Å². The second-order valence-electron chi connectivity index (χ2n) is 8.24. The van der Waals surface area contributed by atoms with Gasteiger partial charge in [-0.1, -0.05) is 45.3 Å². The highest BCUT2D eigenvalue weighted by Crippen LogP contribution is 2.37. The van der Waals surface area contributed by atoms with Gasteiger partial charge in [-0.05, 0) is 42.0 Å². The van der Waals surface area contributed by atoms with Gasteiger partial charge in [0.15, 0.2) is 0 Å². The fourth-order valence-corrected chi connectivity index (χ4v) is 6.77. The van der Waals surface area contributed by atoms with Crippen molar-refractivity contribution in [3.8, 4) is 11.5 Å². The fourth-order valence-electron chi connectivity index (χ4n) is 3.77. The second-order valence-corrected chi connectivity index (χ2v) is 11.2. The van der Waals surface area contributed by atoms with E-state index in [9.17, 15) is 9.18 Å². The van der Waals surface area contributed by atoms with Crippen molar-refractivity contribution in [2.24, 2.45) is 5.92 Å². The van der Waals surface area contributed by atoms with Crippen LogP contribution in [0.5, 0.6) is 11.5 Å². The number of nitrogens with one attached hydrogen (secondary N) is 2. The maximum atomic E-state index is 13.4. The summed E-state index contributed by atoms with van der Waals surface area (Å²) in [5, 5.41) is 7.36. The van der Waals surface area contributed by atoms with Crippen molar-refractivity contribution in [1.82, 2.24) is 9.97 Å². The van der Waals surface area contributed by atoms with E-state index < -0.39 is 0 Å². The van der Waals surface area contributed by atoms with Crippen LogP contribution < -0.4 is 20.1 Å². The minimum atomic E-state index is -0.319. The van der Waals surface area contributed by atoms with E-state index in [1.165, 1.54) is 18.5 Å². The van der Waals surface area contributed by atoms with E-state index in [2.05, 4.69) is 20.6 Å². The molecule has 7 nitrogen and oxygen atoms in total. The first-order valence-corrected chi connectivity index (χ1v) is 14.2. The Morgan fingerprint density at radius 1 is 1.11 bits per heavy atom. The van der Waals surface area contributed by atoms with Crippen molar-refractivity contribution < 1.29 is 18.7 Å². The predicted octanol–water partition coefficient (Wildman–Crippen LogP) is 6.70. The zero-order chi connectivity index (χ0) is 25.8. The Morgan fingerprint density at radius 2 is 1.95 bits per heavy atom. The average molecular weight is 557 g/mol. The first-order chi connectivity index (χ1) is 18.0. The molecule has 4 aromatic rings. The minimum Gasteiger partial charge on any atom is -0.494 e. The standard InChI is InChI=1S/C26H22ClFN4O3S2/c1-34-24-10-21-19(9-22(24)32-26(33)16-12-36-37-13-16)25(30-14-29-21)31-18-5-6-23(20(27)8-18)35-11-15-3-2-4-17(28)7-15/h2-10,14,16H,11-13H2,1H3,(H,32,33)(H,29,30,31). The normalized spacial score (nSPS) is 13.5. The Balaban J connectivity index is 1.36. The highest BCUT2D eigenvalue weighted by atomic mass is 35.5. The molecule has 1 aliphatic heterocycles. The molecule has 0 saturated carbocycles. The lowest BCUT2D eigenvalue weighted by Crippen LogP contribution is -2.24. The molecule has 1 aliphatic rings. The third-order valence-electron chi connectivity index (χ3n) is 5.69. The quantitative estimate of drug-likeness (QED) is 0.232. The summed E-state index contributed by atoms with van der Waals surface area (Å²) < 4.78 is 24.7. The van der Waals surface area contributed by atoms with Crippen LogP contribution in [-0.4, -0.2) is 34.5 Å². The number of methoxy groups -OCH3 is 1. The molecule has 11 heteroatoms. The van der Waals surface area contributed by atoms with Gasteiger partial charge in [0.25, 0.3) is 0 Å². The number of benzene rings is 3. The summed E-state index contributed by atoms with van der Waals surface area (Å²) in [6, 6.07) is 15.1. The van der Waals surface area contributed by atoms with Crippen LogP contribution in [0.15, 0.2) is 60.9 Å². The van der Waals surface area contributed by atoms with Crippen molar-refractivity contribution in [2.45, 2.75) is 6.61 Å². The van der Waals surface area contributed by atoms with Crippen molar-refractivity contribution in [3.05, 3.63) is 77.3 Å². The Morgan fingerprint density at radius 3 is 2.70 bits per heavy atom. The number of aromatic nitrogens is 2. The van der Waals surface area contributed by atoms with Gasteiger partial charge in [-0.2, -0.15) is 0 Å². The van der Waals surface area contributed by atoms with Crippen LogP contribution in [0.3, 0.4) is 0 Å². The smallest absolute Gasteiger partial charge is 0.229 e. The van der Waals surface area contributed by atoms with Crippen LogP contribution in [0.2, 0.25) is 5.02 Å². The number of nitrogens with zero attached hydrogens (tertiary/aromatic N) is 2. The molecule has 0 spiro atoms. The molecule has 2 heterocycles. The topological polar surface area (TPSA) is 85.4 Å². The summed E-state index contributed by atoms with van der Waals surface area (Å²) in [4.78, 5) is 21.5. The van der Waals surface area contributed by atoms with E-state index in [1.54, 1.807) is 59.0 Å². The van der Waals surface area contributed by atoms with Gasteiger partial charge in [0.05, 0.1) is 29.3 Å². The number of anilines is 3. The molecule has 0 radical (unpaired) electrons. The lowest BCUT2D eigenvalue weighted by atomic mass is 10.1. The highest BCUT2D eigenvalue weighted by Gasteiger charge is 2.25. The fraction of sp³-hybridized carbons (Fsp3) is 0.192. The van der Waals surface area contributed by atoms with Gasteiger partial charge in [-0.25, -0.2) is 14.4 Å². The predicted molar refractivity (Wildman–Crippen MR) is 149 cm³/mol. The van der Waals surface area contributed by atoms with Crippen LogP contribution in [0.25, 0.3) is 10.9 Å². The number of hydrogen-bond acceptors (Lipinski definition) is 8.